The largest absolute Gasteiger partial charge is 0.495 e. The van der Waals surface area contributed by atoms with Gasteiger partial charge >= 0.3 is 0 Å². The number of thiophene rings is 1. The Morgan fingerprint density at radius 3 is 2.50 bits per heavy atom. The highest BCUT2D eigenvalue weighted by Gasteiger charge is 2.14. The third kappa shape index (κ3) is 3.20. The summed E-state index contributed by atoms with van der Waals surface area (Å²) in [6, 6.07) is 4.91. The van der Waals surface area contributed by atoms with E-state index in [1.54, 1.807) is 23.6 Å². The Bertz CT molecular complexity index is 643. The van der Waals surface area contributed by atoms with Crippen LogP contribution in [0.25, 0.3) is 0 Å². The van der Waals surface area contributed by atoms with Crippen LogP contribution < -0.4 is 14.8 Å². The number of anilines is 1. The molecule has 20 heavy (non-hydrogen) atoms. The summed E-state index contributed by atoms with van der Waals surface area (Å²) in [5.74, 6) is 0.689. The van der Waals surface area contributed by atoms with Crippen LogP contribution in [0.15, 0.2) is 28.5 Å². The summed E-state index contributed by atoms with van der Waals surface area (Å²) >= 11 is 11.5. The lowest BCUT2D eigenvalue weighted by Crippen LogP contribution is -2.11. The van der Waals surface area contributed by atoms with Crippen molar-refractivity contribution in [2.75, 3.05) is 19.5 Å². The molecule has 0 bridgehead atoms. The average molecular weight is 330 g/mol. The summed E-state index contributed by atoms with van der Waals surface area (Å²) in [5, 5.41) is 4.97. The normalized spacial score (nSPS) is 10.2. The highest BCUT2D eigenvalue weighted by Crippen LogP contribution is 2.36. The molecule has 0 spiro atoms. The molecule has 0 aliphatic heterocycles. The van der Waals surface area contributed by atoms with E-state index in [0.29, 0.717) is 27.1 Å². The molecule has 0 saturated carbocycles. The Labute approximate surface area is 131 Å². The fraction of sp³-hybridized carbons (Fsp3) is 0.154. The number of hydrogen-bond acceptors (Lipinski definition) is 5. The van der Waals surface area contributed by atoms with Crippen LogP contribution in [-0.2, 0) is 0 Å². The summed E-state index contributed by atoms with van der Waals surface area (Å²) in [5.41, 5.74) is 0.493. The second-order valence-electron chi connectivity index (χ2n) is 3.81. The second kappa shape index (κ2) is 6.39. The third-order valence-corrected chi connectivity index (χ3v) is 4.19. The minimum absolute atomic E-state index is 0.238. The number of rotatable bonds is 4. The van der Waals surface area contributed by atoms with Gasteiger partial charge in [0, 0.05) is 22.4 Å². The Morgan fingerprint density at radius 1 is 1.25 bits per heavy atom. The molecule has 4 nitrogen and oxygen atoms in total. The van der Waals surface area contributed by atoms with E-state index < -0.39 is 0 Å². The Balaban J connectivity index is 2.30. The van der Waals surface area contributed by atoms with Crippen molar-refractivity contribution in [1.82, 2.24) is 0 Å². The van der Waals surface area contributed by atoms with Gasteiger partial charge in [-0.05, 0) is 6.07 Å². The van der Waals surface area contributed by atoms with Gasteiger partial charge in [-0.2, -0.15) is 0 Å². The van der Waals surface area contributed by atoms with E-state index in [4.69, 9.17) is 21.1 Å². The van der Waals surface area contributed by atoms with Gasteiger partial charge in [-0.25, -0.2) is 0 Å². The molecular weight excluding hydrogens is 318 g/mol. The van der Waals surface area contributed by atoms with Crippen molar-refractivity contribution in [3.63, 3.8) is 0 Å². The maximum absolute atomic E-state index is 12.1. The smallest absolute Gasteiger partial charge is 0.265 e. The van der Waals surface area contributed by atoms with Gasteiger partial charge in [0.25, 0.3) is 5.91 Å². The van der Waals surface area contributed by atoms with Gasteiger partial charge in [0.15, 0.2) is 0 Å². The summed E-state index contributed by atoms with van der Waals surface area (Å²) in [6.07, 6.45) is 0. The molecule has 106 valence electrons. The zero-order valence-corrected chi connectivity index (χ0v) is 13.2. The van der Waals surface area contributed by atoms with Gasteiger partial charge in [-0.15, -0.1) is 24.0 Å². The molecule has 0 saturated heterocycles. The zero-order chi connectivity index (χ0) is 14.7. The van der Waals surface area contributed by atoms with E-state index in [2.05, 4.69) is 17.9 Å². The number of carbonyl (C=O) groups is 1. The minimum Gasteiger partial charge on any atom is -0.495 e. The number of halogens is 1. The highest BCUT2D eigenvalue weighted by molar-refractivity contribution is 7.80. The van der Waals surface area contributed by atoms with Crippen LogP contribution in [0.3, 0.4) is 0 Å². The molecule has 2 aromatic rings. The van der Waals surface area contributed by atoms with Crippen molar-refractivity contribution < 1.29 is 14.3 Å². The number of nitrogens with one attached hydrogen (secondary N) is 1. The number of carbonyl (C=O) groups excluding carboxylic acids is 1. The van der Waals surface area contributed by atoms with Gasteiger partial charge in [-0.1, -0.05) is 11.6 Å². The first kappa shape index (κ1) is 15.0. The molecule has 0 aliphatic rings. The first-order chi connectivity index (χ1) is 9.55. The van der Waals surface area contributed by atoms with Crippen LogP contribution in [0.1, 0.15) is 9.67 Å². The van der Waals surface area contributed by atoms with Gasteiger partial charge < -0.3 is 14.8 Å². The van der Waals surface area contributed by atoms with Crippen LogP contribution in [0.5, 0.6) is 11.5 Å². The average Bonchev–Trinajstić information content (AvgIpc) is 2.87. The van der Waals surface area contributed by atoms with Crippen molar-refractivity contribution >= 4 is 47.2 Å². The molecular formula is C13H12ClNO3S2. The highest BCUT2D eigenvalue weighted by atomic mass is 35.5. The topological polar surface area (TPSA) is 47.6 Å². The second-order valence-corrected chi connectivity index (χ2v) is 5.65. The van der Waals surface area contributed by atoms with Crippen LogP contribution in [0, 0.1) is 0 Å². The van der Waals surface area contributed by atoms with E-state index in [-0.39, 0.29) is 5.91 Å². The van der Waals surface area contributed by atoms with E-state index in [1.807, 2.05) is 0 Å². The Morgan fingerprint density at radius 2 is 1.95 bits per heavy atom. The van der Waals surface area contributed by atoms with Crippen LogP contribution in [-0.4, -0.2) is 20.1 Å². The summed E-state index contributed by atoms with van der Waals surface area (Å²) in [6.45, 7) is 0. The Kier molecular flexibility index (Phi) is 4.80. The minimum atomic E-state index is -0.238. The summed E-state index contributed by atoms with van der Waals surface area (Å²) in [7, 11) is 3.01. The first-order valence-electron chi connectivity index (χ1n) is 5.55. The van der Waals surface area contributed by atoms with Crippen LogP contribution in [0.4, 0.5) is 5.69 Å². The monoisotopic (exact) mass is 329 g/mol. The van der Waals surface area contributed by atoms with Gasteiger partial charge in [-0.3, -0.25) is 4.79 Å². The molecule has 0 atom stereocenters. The molecule has 0 radical (unpaired) electrons. The maximum atomic E-state index is 12.1. The summed E-state index contributed by atoms with van der Waals surface area (Å²) < 4.78 is 10.3. The number of amides is 1. The lowest BCUT2D eigenvalue weighted by molar-refractivity contribution is 0.103. The van der Waals surface area contributed by atoms with Gasteiger partial charge in [0.05, 0.1) is 29.8 Å². The maximum Gasteiger partial charge on any atom is 0.265 e. The molecule has 2 rings (SSSR count). The number of ether oxygens (including phenoxy) is 2. The quantitative estimate of drug-likeness (QED) is 0.835. The SMILES string of the molecule is COc1cc(NC(=O)c2cc(S)cs2)c(OC)cc1Cl. The molecule has 1 amide bonds. The third-order valence-electron chi connectivity index (χ3n) is 2.53. The zero-order valence-electron chi connectivity index (χ0n) is 10.8. The lowest BCUT2D eigenvalue weighted by Gasteiger charge is -2.12. The number of methoxy groups -OCH3 is 2. The molecule has 1 N–H and O–H groups in total. The fourth-order valence-electron chi connectivity index (χ4n) is 1.59. The molecule has 7 heteroatoms. The molecule has 1 aromatic carbocycles. The lowest BCUT2D eigenvalue weighted by atomic mass is 10.2. The number of hydrogen-bond donors (Lipinski definition) is 2. The van der Waals surface area contributed by atoms with E-state index in [1.165, 1.54) is 25.6 Å². The van der Waals surface area contributed by atoms with Gasteiger partial charge in [0.2, 0.25) is 0 Å². The van der Waals surface area contributed by atoms with Crippen LogP contribution in [0.2, 0.25) is 5.02 Å². The number of benzene rings is 1. The Hall–Kier alpha value is -1.37. The van der Waals surface area contributed by atoms with Crippen molar-refractivity contribution in [2.45, 2.75) is 4.90 Å². The van der Waals surface area contributed by atoms with Crippen molar-refractivity contribution in [3.8, 4) is 11.5 Å². The molecule has 0 unspecified atom stereocenters. The molecule has 1 heterocycles. The molecule has 0 aliphatic carbocycles. The molecule has 1 aromatic heterocycles. The first-order valence-corrected chi connectivity index (χ1v) is 7.26. The van der Waals surface area contributed by atoms with Gasteiger partial charge in [0.1, 0.15) is 11.5 Å². The van der Waals surface area contributed by atoms with E-state index in [9.17, 15) is 4.79 Å². The van der Waals surface area contributed by atoms with Crippen molar-refractivity contribution in [1.29, 1.82) is 0 Å². The van der Waals surface area contributed by atoms with Crippen molar-refractivity contribution in [3.05, 3.63) is 33.5 Å². The number of thiol groups is 1. The predicted octanol–water partition coefficient (Wildman–Crippen LogP) is 3.96. The standard InChI is InChI=1S/C13H12ClNO3S2/c1-17-10-5-9(11(18-2)4-8(10)14)15-13(16)12-3-7(19)6-20-12/h3-6,19H,1-2H3,(H,15,16). The van der Waals surface area contributed by atoms with Crippen LogP contribution >= 0.6 is 35.6 Å². The van der Waals surface area contributed by atoms with E-state index >= 15 is 0 Å². The summed E-state index contributed by atoms with van der Waals surface area (Å²) in [4.78, 5) is 13.4. The van der Waals surface area contributed by atoms with E-state index in [0.717, 1.165) is 4.90 Å². The van der Waals surface area contributed by atoms with Crippen molar-refractivity contribution in [2.24, 2.45) is 0 Å². The predicted molar refractivity (Wildman–Crippen MR) is 84.1 cm³/mol. The molecule has 0 fully saturated rings. The fourth-order valence-corrected chi connectivity index (χ4v) is 2.86.